The molecule has 10 nitrogen and oxygen atoms in total. The lowest BCUT2D eigenvalue weighted by Gasteiger charge is -2.23. The molecule has 2 aromatic rings. The molecule has 0 aliphatic heterocycles. The molecule has 2 atom stereocenters. The standard InChI is InChI=1S/C20H30N6O4/c1-12(2)25(3)20(28)30-15-7-6-13(8-15)16-10-18(23-22-16)21-19(27)17-9-14(11-29-5)24-26(17)4/h9-10,12-13,15H,6-8,11H2,1-5H3,(H2,21,22,23,27)/t13-,15+/m0/s1. The molecule has 2 N–H and O–H groups in total. The second-order valence-corrected chi connectivity index (χ2v) is 7.96. The number of anilines is 1. The summed E-state index contributed by atoms with van der Waals surface area (Å²) in [6.07, 6.45) is 2.02. The Balaban J connectivity index is 1.56. The first kappa shape index (κ1) is 21.8. The molecule has 0 radical (unpaired) electrons. The Morgan fingerprint density at radius 3 is 2.83 bits per heavy atom. The molecule has 0 unspecified atom stereocenters. The van der Waals surface area contributed by atoms with Crippen LogP contribution >= 0.6 is 0 Å². The van der Waals surface area contributed by atoms with Crippen LogP contribution in [0, 0.1) is 0 Å². The SMILES string of the molecule is COCc1cc(C(=O)Nc2cc([C@H]3CC[C@@H](OC(=O)N(C)C(C)C)C3)[nH]n2)n(C)n1. The lowest BCUT2D eigenvalue weighted by Crippen LogP contribution is -2.35. The number of rotatable bonds is 7. The predicted molar refractivity (Wildman–Crippen MR) is 110 cm³/mol. The van der Waals surface area contributed by atoms with Crippen molar-refractivity contribution in [3.8, 4) is 0 Å². The van der Waals surface area contributed by atoms with Crippen molar-refractivity contribution in [2.75, 3.05) is 19.5 Å². The minimum atomic E-state index is -0.294. The van der Waals surface area contributed by atoms with Gasteiger partial charge in [0.1, 0.15) is 11.8 Å². The van der Waals surface area contributed by atoms with Gasteiger partial charge in [-0.25, -0.2) is 4.79 Å². The lowest BCUT2D eigenvalue weighted by molar-refractivity contribution is 0.0645. The Bertz CT molecular complexity index is 890. The molecule has 2 aromatic heterocycles. The van der Waals surface area contributed by atoms with Crippen molar-refractivity contribution in [2.24, 2.45) is 7.05 Å². The van der Waals surface area contributed by atoms with E-state index < -0.39 is 0 Å². The van der Waals surface area contributed by atoms with Gasteiger partial charge in [-0.15, -0.1) is 0 Å². The number of carbonyl (C=O) groups excluding carboxylic acids is 2. The normalized spacial score (nSPS) is 18.6. The summed E-state index contributed by atoms with van der Waals surface area (Å²) in [5.41, 5.74) is 2.03. The highest BCUT2D eigenvalue weighted by molar-refractivity contribution is 6.02. The average molecular weight is 418 g/mol. The van der Waals surface area contributed by atoms with E-state index in [2.05, 4.69) is 20.6 Å². The van der Waals surface area contributed by atoms with Gasteiger partial charge < -0.3 is 19.7 Å². The quantitative estimate of drug-likeness (QED) is 0.714. The van der Waals surface area contributed by atoms with E-state index in [0.717, 1.165) is 25.0 Å². The van der Waals surface area contributed by atoms with Crippen LogP contribution in [-0.4, -0.2) is 63.2 Å². The third-order valence-electron chi connectivity index (χ3n) is 5.45. The van der Waals surface area contributed by atoms with Gasteiger partial charge >= 0.3 is 6.09 Å². The predicted octanol–water partition coefficient (Wildman–Crippen LogP) is 2.65. The number of hydrogen-bond acceptors (Lipinski definition) is 6. The molecule has 2 amide bonds. The summed E-state index contributed by atoms with van der Waals surface area (Å²) >= 11 is 0. The van der Waals surface area contributed by atoms with Crippen molar-refractivity contribution in [1.29, 1.82) is 0 Å². The summed E-state index contributed by atoms with van der Waals surface area (Å²) in [6, 6.07) is 3.62. The van der Waals surface area contributed by atoms with Crippen LogP contribution in [0.5, 0.6) is 0 Å². The van der Waals surface area contributed by atoms with Gasteiger partial charge in [0, 0.05) is 44.9 Å². The van der Waals surface area contributed by atoms with E-state index in [-0.39, 0.29) is 30.1 Å². The van der Waals surface area contributed by atoms with Gasteiger partial charge in [-0.2, -0.15) is 10.2 Å². The molecule has 3 rings (SSSR count). The number of nitrogens with one attached hydrogen (secondary N) is 2. The molecule has 10 heteroatoms. The van der Waals surface area contributed by atoms with Crippen LogP contribution in [0.15, 0.2) is 12.1 Å². The third-order valence-corrected chi connectivity index (χ3v) is 5.45. The molecule has 0 saturated heterocycles. The largest absolute Gasteiger partial charge is 0.446 e. The van der Waals surface area contributed by atoms with Crippen molar-refractivity contribution in [3.05, 3.63) is 29.2 Å². The maximum absolute atomic E-state index is 12.5. The zero-order chi connectivity index (χ0) is 21.8. The molecule has 1 fully saturated rings. The number of H-pyrrole nitrogens is 1. The number of amides is 2. The summed E-state index contributed by atoms with van der Waals surface area (Å²) in [5, 5.41) is 14.2. The second-order valence-electron chi connectivity index (χ2n) is 7.96. The van der Waals surface area contributed by atoms with Crippen molar-refractivity contribution in [3.63, 3.8) is 0 Å². The fourth-order valence-electron chi connectivity index (χ4n) is 3.51. The Hall–Kier alpha value is -2.88. The van der Waals surface area contributed by atoms with E-state index in [9.17, 15) is 9.59 Å². The average Bonchev–Trinajstić information content (AvgIpc) is 3.41. The van der Waals surface area contributed by atoms with Crippen LogP contribution in [0.25, 0.3) is 0 Å². The number of aromatic nitrogens is 4. The van der Waals surface area contributed by atoms with Crippen molar-refractivity contribution >= 4 is 17.8 Å². The van der Waals surface area contributed by atoms with Gasteiger partial charge in [0.2, 0.25) is 0 Å². The molecule has 164 valence electrons. The summed E-state index contributed by atoms with van der Waals surface area (Å²) in [6.45, 7) is 4.24. The summed E-state index contributed by atoms with van der Waals surface area (Å²) in [7, 11) is 5.03. The molecule has 30 heavy (non-hydrogen) atoms. The van der Waals surface area contributed by atoms with Gasteiger partial charge in [-0.05, 0) is 39.2 Å². The molecule has 1 saturated carbocycles. The summed E-state index contributed by atoms with van der Waals surface area (Å²) in [5.74, 6) is 0.361. The monoisotopic (exact) mass is 418 g/mol. The van der Waals surface area contributed by atoms with Crippen LogP contribution in [0.1, 0.15) is 60.9 Å². The van der Waals surface area contributed by atoms with Gasteiger partial charge in [-0.3, -0.25) is 14.6 Å². The zero-order valence-electron chi connectivity index (χ0n) is 18.1. The van der Waals surface area contributed by atoms with Gasteiger partial charge in [0.15, 0.2) is 5.82 Å². The molecule has 1 aliphatic rings. The van der Waals surface area contributed by atoms with E-state index in [4.69, 9.17) is 9.47 Å². The van der Waals surface area contributed by atoms with Crippen molar-refractivity contribution in [1.82, 2.24) is 24.9 Å². The Labute approximate surface area is 175 Å². The number of carbonyl (C=O) groups is 2. The maximum atomic E-state index is 12.5. The lowest BCUT2D eigenvalue weighted by atomic mass is 10.0. The smallest absolute Gasteiger partial charge is 0.410 e. The first-order valence-electron chi connectivity index (χ1n) is 10.1. The number of ether oxygens (including phenoxy) is 2. The highest BCUT2D eigenvalue weighted by Gasteiger charge is 2.31. The van der Waals surface area contributed by atoms with Crippen LogP contribution in [0.4, 0.5) is 10.6 Å². The Kier molecular flexibility index (Phi) is 6.76. The third kappa shape index (κ3) is 4.99. The number of methoxy groups -OCH3 is 1. The number of hydrogen-bond donors (Lipinski definition) is 2. The van der Waals surface area contributed by atoms with E-state index in [1.165, 1.54) is 4.68 Å². The Morgan fingerprint density at radius 1 is 1.37 bits per heavy atom. The van der Waals surface area contributed by atoms with Crippen LogP contribution < -0.4 is 5.32 Å². The molecule has 0 aromatic carbocycles. The summed E-state index contributed by atoms with van der Waals surface area (Å²) in [4.78, 5) is 26.3. The van der Waals surface area contributed by atoms with Gasteiger partial charge in [0.05, 0.1) is 12.3 Å². The van der Waals surface area contributed by atoms with E-state index >= 15 is 0 Å². The highest BCUT2D eigenvalue weighted by atomic mass is 16.6. The van der Waals surface area contributed by atoms with Gasteiger partial charge in [0.25, 0.3) is 5.91 Å². The molecule has 2 heterocycles. The maximum Gasteiger partial charge on any atom is 0.410 e. The van der Waals surface area contributed by atoms with E-state index in [1.807, 2.05) is 19.9 Å². The first-order chi connectivity index (χ1) is 14.3. The topological polar surface area (TPSA) is 114 Å². The van der Waals surface area contributed by atoms with E-state index in [0.29, 0.717) is 23.8 Å². The second kappa shape index (κ2) is 9.29. The minimum Gasteiger partial charge on any atom is -0.446 e. The van der Waals surface area contributed by atoms with Crippen LogP contribution in [-0.2, 0) is 23.1 Å². The number of nitrogens with zero attached hydrogens (tertiary/aromatic N) is 4. The van der Waals surface area contributed by atoms with E-state index in [1.54, 1.807) is 32.2 Å². The molecule has 1 aliphatic carbocycles. The number of aryl methyl sites for hydroxylation is 1. The van der Waals surface area contributed by atoms with Gasteiger partial charge in [-0.1, -0.05) is 0 Å². The molecule has 0 bridgehead atoms. The van der Waals surface area contributed by atoms with Crippen molar-refractivity contribution < 1.29 is 19.1 Å². The fraction of sp³-hybridized carbons (Fsp3) is 0.600. The minimum absolute atomic E-state index is 0.0958. The molecular formula is C20H30N6O4. The molecular weight excluding hydrogens is 388 g/mol. The van der Waals surface area contributed by atoms with Crippen molar-refractivity contribution in [2.45, 2.75) is 57.8 Å². The molecule has 0 spiro atoms. The first-order valence-corrected chi connectivity index (χ1v) is 10.1. The fourth-order valence-corrected chi connectivity index (χ4v) is 3.51. The Morgan fingerprint density at radius 2 is 2.13 bits per heavy atom. The van der Waals surface area contributed by atoms with Crippen LogP contribution in [0.2, 0.25) is 0 Å². The zero-order valence-corrected chi connectivity index (χ0v) is 18.1. The summed E-state index contributed by atoms with van der Waals surface area (Å²) < 4.78 is 12.2. The highest BCUT2D eigenvalue weighted by Crippen LogP contribution is 2.36. The number of aromatic amines is 1. The van der Waals surface area contributed by atoms with Crippen LogP contribution in [0.3, 0.4) is 0 Å².